The molecule has 4 heteroatoms. The molecule has 1 rings (SSSR count). The van der Waals surface area contributed by atoms with E-state index < -0.39 is 6.10 Å². The van der Waals surface area contributed by atoms with E-state index in [2.05, 4.69) is 6.92 Å². The number of morpholine rings is 1. The summed E-state index contributed by atoms with van der Waals surface area (Å²) in [5.74, 6) is 0. The summed E-state index contributed by atoms with van der Waals surface area (Å²) in [6.45, 7) is 4.66. The molecule has 0 aliphatic carbocycles. The van der Waals surface area contributed by atoms with Crippen molar-refractivity contribution in [1.29, 1.82) is 0 Å². The largest absolute Gasteiger partial charge is 0.633 e. The van der Waals surface area contributed by atoms with Gasteiger partial charge in [-0.1, -0.05) is 64.7 Å². The molecule has 1 saturated heterocycles. The number of hydrogen-bond acceptors (Lipinski definition) is 3. The lowest BCUT2D eigenvalue weighted by Crippen LogP contribution is -2.53. The van der Waals surface area contributed by atoms with Crippen LogP contribution in [0.5, 0.6) is 0 Å². The van der Waals surface area contributed by atoms with Gasteiger partial charge >= 0.3 is 0 Å². The van der Waals surface area contributed by atoms with Crippen molar-refractivity contribution in [2.24, 2.45) is 0 Å². The molecule has 4 nitrogen and oxygen atoms in total. The van der Waals surface area contributed by atoms with E-state index in [1.165, 1.54) is 51.4 Å². The second-order valence-electron chi connectivity index (χ2n) is 6.57. The minimum Gasteiger partial charge on any atom is -0.633 e. The molecule has 1 unspecified atom stereocenters. The zero-order valence-corrected chi connectivity index (χ0v) is 13.9. The highest BCUT2D eigenvalue weighted by Gasteiger charge is 2.24. The number of hydroxylamine groups is 3. The van der Waals surface area contributed by atoms with Gasteiger partial charge in [0.15, 0.2) is 0 Å². The average molecular weight is 301 g/mol. The summed E-state index contributed by atoms with van der Waals surface area (Å²) in [4.78, 5) is 0. The standard InChI is InChI=1S/C17H35NO3/c1-2-3-4-5-6-7-8-9-10-11-17(19)16-18(20)12-14-21-15-13-18/h17,19H,2-16H2,1H3. The lowest BCUT2D eigenvalue weighted by atomic mass is 10.0. The van der Waals surface area contributed by atoms with Gasteiger partial charge in [-0.3, -0.25) is 0 Å². The van der Waals surface area contributed by atoms with Gasteiger partial charge in [-0.15, -0.1) is 0 Å². The second-order valence-corrected chi connectivity index (χ2v) is 6.57. The second kappa shape index (κ2) is 11.4. The Morgan fingerprint density at radius 2 is 1.48 bits per heavy atom. The van der Waals surface area contributed by atoms with Crippen molar-refractivity contribution in [2.45, 2.75) is 77.2 Å². The molecule has 1 fully saturated rings. The van der Waals surface area contributed by atoms with Crippen molar-refractivity contribution in [3.8, 4) is 0 Å². The van der Waals surface area contributed by atoms with Crippen molar-refractivity contribution in [3.05, 3.63) is 5.21 Å². The van der Waals surface area contributed by atoms with Crippen LogP contribution in [0.15, 0.2) is 0 Å². The van der Waals surface area contributed by atoms with Gasteiger partial charge in [0.1, 0.15) is 25.7 Å². The van der Waals surface area contributed by atoms with E-state index in [-0.39, 0.29) is 4.65 Å². The first-order chi connectivity index (χ1) is 10.2. The Morgan fingerprint density at radius 3 is 2.05 bits per heavy atom. The van der Waals surface area contributed by atoms with Gasteiger partial charge in [-0.2, -0.15) is 0 Å². The minimum absolute atomic E-state index is 0.265. The fourth-order valence-corrected chi connectivity index (χ4v) is 3.02. The summed E-state index contributed by atoms with van der Waals surface area (Å²) in [5.41, 5.74) is 0. The third kappa shape index (κ3) is 9.46. The molecule has 1 heterocycles. The summed E-state index contributed by atoms with van der Waals surface area (Å²) in [7, 11) is 0. The molecule has 126 valence electrons. The molecule has 1 aliphatic rings. The van der Waals surface area contributed by atoms with E-state index in [0.717, 1.165) is 12.8 Å². The van der Waals surface area contributed by atoms with Gasteiger partial charge in [0.25, 0.3) is 0 Å². The molecule has 0 aromatic heterocycles. The molecule has 1 aliphatic heterocycles. The first-order valence-corrected chi connectivity index (χ1v) is 8.99. The maximum Gasteiger partial charge on any atom is 0.105 e. The van der Waals surface area contributed by atoms with Crippen molar-refractivity contribution in [3.63, 3.8) is 0 Å². The highest BCUT2D eigenvalue weighted by atomic mass is 16.6. The van der Waals surface area contributed by atoms with Crippen LogP contribution in [0.3, 0.4) is 0 Å². The molecule has 0 aromatic rings. The molecule has 0 aromatic carbocycles. The normalized spacial score (nSPS) is 19.6. The van der Waals surface area contributed by atoms with Crippen LogP contribution in [0.1, 0.15) is 71.1 Å². The molecule has 0 amide bonds. The maximum absolute atomic E-state index is 12.3. The number of aliphatic hydroxyl groups is 1. The number of rotatable bonds is 12. The van der Waals surface area contributed by atoms with E-state index in [1.807, 2.05) is 0 Å². The maximum atomic E-state index is 12.3. The molecule has 0 bridgehead atoms. The lowest BCUT2D eigenvalue weighted by Gasteiger charge is -2.46. The van der Waals surface area contributed by atoms with Gasteiger partial charge in [-0.05, 0) is 6.42 Å². The Balaban J connectivity index is 1.92. The monoisotopic (exact) mass is 301 g/mol. The van der Waals surface area contributed by atoms with Crippen LogP contribution >= 0.6 is 0 Å². The first-order valence-electron chi connectivity index (χ1n) is 8.99. The Kier molecular flexibility index (Phi) is 10.3. The van der Waals surface area contributed by atoms with Crippen molar-refractivity contribution < 1.29 is 14.5 Å². The van der Waals surface area contributed by atoms with Crippen molar-refractivity contribution in [2.75, 3.05) is 32.8 Å². The minimum atomic E-state index is -0.440. The van der Waals surface area contributed by atoms with Crippen LogP contribution in [0.25, 0.3) is 0 Å². The van der Waals surface area contributed by atoms with Gasteiger partial charge in [0, 0.05) is 0 Å². The number of quaternary nitrogens is 1. The van der Waals surface area contributed by atoms with Crippen LogP contribution in [-0.2, 0) is 4.74 Å². The number of ether oxygens (including phenoxy) is 1. The third-order valence-corrected chi connectivity index (χ3v) is 4.47. The summed E-state index contributed by atoms with van der Waals surface area (Å²) >= 11 is 0. The van der Waals surface area contributed by atoms with E-state index in [1.54, 1.807) is 0 Å². The molecule has 0 spiro atoms. The van der Waals surface area contributed by atoms with E-state index in [0.29, 0.717) is 32.8 Å². The highest BCUT2D eigenvalue weighted by Crippen LogP contribution is 2.15. The zero-order chi connectivity index (χ0) is 15.4. The predicted octanol–water partition coefficient (Wildman–Crippen LogP) is 3.61. The molecular weight excluding hydrogens is 266 g/mol. The summed E-state index contributed by atoms with van der Waals surface area (Å²) in [6.07, 6.45) is 11.9. The number of hydrogen-bond donors (Lipinski definition) is 1. The van der Waals surface area contributed by atoms with Crippen molar-refractivity contribution in [1.82, 2.24) is 0 Å². The quantitative estimate of drug-likeness (QED) is 0.340. The van der Waals surface area contributed by atoms with E-state index >= 15 is 0 Å². The van der Waals surface area contributed by atoms with Gasteiger partial charge < -0.3 is 19.7 Å². The average Bonchev–Trinajstić information content (AvgIpc) is 2.46. The lowest BCUT2D eigenvalue weighted by molar-refractivity contribution is -0.891. The molecule has 0 saturated carbocycles. The molecule has 1 atom stereocenters. The smallest absolute Gasteiger partial charge is 0.105 e. The van der Waals surface area contributed by atoms with Crippen molar-refractivity contribution >= 4 is 0 Å². The van der Waals surface area contributed by atoms with Crippen LogP contribution in [0, 0.1) is 5.21 Å². The zero-order valence-electron chi connectivity index (χ0n) is 13.9. The van der Waals surface area contributed by atoms with Gasteiger partial charge in [0.05, 0.1) is 13.2 Å². The fraction of sp³-hybridized carbons (Fsp3) is 1.00. The predicted molar refractivity (Wildman–Crippen MR) is 86.9 cm³/mol. The number of aliphatic hydroxyl groups excluding tert-OH is 1. The summed E-state index contributed by atoms with van der Waals surface area (Å²) in [5, 5.41) is 22.3. The van der Waals surface area contributed by atoms with Crippen LogP contribution in [-0.4, -0.2) is 48.7 Å². The fourth-order valence-electron chi connectivity index (χ4n) is 3.02. The first kappa shape index (κ1) is 18.9. The van der Waals surface area contributed by atoms with Crippen LogP contribution < -0.4 is 0 Å². The summed E-state index contributed by atoms with van der Waals surface area (Å²) < 4.78 is 4.94. The van der Waals surface area contributed by atoms with Gasteiger partial charge in [0.2, 0.25) is 0 Å². The third-order valence-electron chi connectivity index (χ3n) is 4.47. The molecule has 1 N–H and O–H groups in total. The van der Waals surface area contributed by atoms with Crippen LogP contribution in [0.2, 0.25) is 0 Å². The Labute approximate surface area is 130 Å². The molecule has 0 radical (unpaired) electrons. The number of unbranched alkanes of at least 4 members (excludes halogenated alkanes) is 8. The molecular formula is C17H35NO3. The number of nitrogens with zero attached hydrogens (tertiary/aromatic N) is 1. The van der Waals surface area contributed by atoms with E-state index in [4.69, 9.17) is 4.74 Å². The van der Waals surface area contributed by atoms with Gasteiger partial charge in [-0.25, -0.2) is 0 Å². The Morgan fingerprint density at radius 1 is 0.952 bits per heavy atom. The summed E-state index contributed by atoms with van der Waals surface area (Å²) in [6, 6.07) is 0. The SMILES string of the molecule is CCCCCCCCCCCC(O)C[N+]1([O-])CCOCC1. The Bertz CT molecular complexity index is 242. The van der Waals surface area contributed by atoms with Crippen LogP contribution in [0.4, 0.5) is 0 Å². The molecule has 21 heavy (non-hydrogen) atoms. The van der Waals surface area contributed by atoms with E-state index in [9.17, 15) is 10.3 Å². The highest BCUT2D eigenvalue weighted by molar-refractivity contribution is 4.60. The topological polar surface area (TPSA) is 52.5 Å². The Hall–Kier alpha value is -0.160.